The number of amidine groups is 1. The maximum absolute atomic E-state index is 15.3. The smallest absolute Gasteiger partial charge is 0.275 e. The zero-order chi connectivity index (χ0) is 25.6. The zero-order valence-electron chi connectivity index (χ0n) is 20.2. The van der Waals surface area contributed by atoms with E-state index in [-0.39, 0.29) is 23.0 Å². The second kappa shape index (κ2) is 8.86. The molecule has 35 heavy (non-hydrogen) atoms. The van der Waals surface area contributed by atoms with Crippen LogP contribution < -0.4 is 15.8 Å². The van der Waals surface area contributed by atoms with Crippen LogP contribution in [0.3, 0.4) is 0 Å². The Bertz CT molecular complexity index is 1260. The third-order valence-electron chi connectivity index (χ3n) is 6.99. The third kappa shape index (κ3) is 4.05. The molecular weight excluding hydrogens is 469 g/mol. The number of nitrogens with one attached hydrogen (secondary N) is 2. The molecule has 1 fully saturated rings. The van der Waals surface area contributed by atoms with Crippen molar-refractivity contribution in [2.75, 3.05) is 11.9 Å². The molecule has 2 aliphatic rings. The highest BCUT2D eigenvalue weighted by molar-refractivity contribution is 8.29. The summed E-state index contributed by atoms with van der Waals surface area (Å²) < 4.78 is 29.8. The molecule has 0 aliphatic carbocycles. The lowest BCUT2D eigenvalue weighted by Crippen LogP contribution is -2.60. The topological polar surface area (TPSA) is 149 Å². The first kappa shape index (κ1) is 25.0. The van der Waals surface area contributed by atoms with Gasteiger partial charge >= 0.3 is 0 Å². The van der Waals surface area contributed by atoms with Crippen LogP contribution in [0.2, 0.25) is 0 Å². The van der Waals surface area contributed by atoms with Crippen molar-refractivity contribution in [1.82, 2.24) is 14.7 Å². The number of halogens is 1. The SMILES string of the molecule is Cc1cc(C#N)cnc1C(=O)Nc1ccc(F)c([C@@]2(C)N=C(N)C(C)(C)S3(O)NCCCC[C@@H]23)n1. The predicted molar refractivity (Wildman–Crippen MR) is 135 cm³/mol. The van der Waals surface area contributed by atoms with Gasteiger partial charge in [0.2, 0.25) is 0 Å². The van der Waals surface area contributed by atoms with Crippen molar-refractivity contribution in [3.05, 3.63) is 52.7 Å². The minimum Gasteiger partial charge on any atom is -0.386 e. The summed E-state index contributed by atoms with van der Waals surface area (Å²) in [4.78, 5) is 26.1. The molecule has 0 aromatic carbocycles. The van der Waals surface area contributed by atoms with Crippen LogP contribution in [-0.2, 0) is 5.54 Å². The lowest BCUT2D eigenvalue weighted by atomic mass is 9.88. The molecule has 5 N–H and O–H groups in total. The van der Waals surface area contributed by atoms with Gasteiger partial charge in [-0.2, -0.15) is 5.26 Å². The van der Waals surface area contributed by atoms with Gasteiger partial charge in [0.1, 0.15) is 40.5 Å². The van der Waals surface area contributed by atoms with Gasteiger partial charge in [-0.25, -0.2) is 14.4 Å². The molecule has 186 valence electrons. The summed E-state index contributed by atoms with van der Waals surface area (Å²) in [5, 5.41) is 11.3. The van der Waals surface area contributed by atoms with Gasteiger partial charge in [0.15, 0.2) is 0 Å². The number of amides is 1. The Morgan fingerprint density at radius 1 is 1.37 bits per heavy atom. The van der Waals surface area contributed by atoms with E-state index in [2.05, 4.69) is 20.0 Å². The number of rotatable bonds is 3. The van der Waals surface area contributed by atoms with Crippen molar-refractivity contribution in [3.63, 3.8) is 0 Å². The number of aromatic nitrogens is 2. The lowest BCUT2D eigenvalue weighted by Gasteiger charge is -2.58. The number of anilines is 1. The standard InChI is InChI=1S/C24H30FN7O2S/c1-14-11-15(12-26)13-28-19(14)21(33)31-18-9-8-16(25)20(30-18)24(4)17-7-5-6-10-29-35(17,34)23(2,3)22(27)32-24/h8-9,11,13,17,29,34H,5-7,10H2,1-4H3,(H2,27,32)(H,30,31,33)/t17-,24-/m0/s1. The van der Waals surface area contributed by atoms with Crippen molar-refractivity contribution < 1.29 is 13.7 Å². The van der Waals surface area contributed by atoms with Crippen LogP contribution in [0.15, 0.2) is 29.4 Å². The van der Waals surface area contributed by atoms with E-state index in [0.717, 1.165) is 12.8 Å². The molecule has 4 rings (SSSR count). The molecule has 9 nitrogen and oxygen atoms in total. The molecule has 4 heterocycles. The minimum absolute atomic E-state index is 0.0119. The molecule has 1 unspecified atom stereocenters. The van der Waals surface area contributed by atoms with E-state index in [0.29, 0.717) is 24.1 Å². The third-order valence-corrected chi connectivity index (χ3v) is 10.9. The molecule has 0 radical (unpaired) electrons. The fourth-order valence-electron chi connectivity index (χ4n) is 4.84. The summed E-state index contributed by atoms with van der Waals surface area (Å²) in [6.07, 6.45) is 3.66. The normalized spacial score (nSPS) is 29.5. The first-order valence-corrected chi connectivity index (χ1v) is 13.1. The van der Waals surface area contributed by atoms with Crippen LogP contribution in [-0.4, -0.2) is 42.8 Å². The molecule has 2 aromatic rings. The summed E-state index contributed by atoms with van der Waals surface area (Å²) in [6.45, 7) is 7.78. The monoisotopic (exact) mass is 499 g/mol. The quantitative estimate of drug-likeness (QED) is 0.502. The van der Waals surface area contributed by atoms with Crippen LogP contribution >= 0.6 is 10.5 Å². The molecule has 11 heteroatoms. The van der Waals surface area contributed by atoms with E-state index < -0.39 is 37.8 Å². The van der Waals surface area contributed by atoms with Crippen molar-refractivity contribution in [2.45, 2.75) is 62.5 Å². The van der Waals surface area contributed by atoms with Gasteiger partial charge in [-0.15, -0.1) is 0 Å². The number of nitriles is 1. The highest BCUT2D eigenvalue weighted by Crippen LogP contribution is 2.66. The summed E-state index contributed by atoms with van der Waals surface area (Å²) >= 11 is 0. The molecule has 0 spiro atoms. The number of nitrogens with two attached hydrogens (primary N) is 1. The second-order valence-corrected chi connectivity index (χ2v) is 12.8. The molecule has 0 bridgehead atoms. The largest absolute Gasteiger partial charge is 0.386 e. The summed E-state index contributed by atoms with van der Waals surface area (Å²) in [5.41, 5.74) is 6.15. The Kier molecular flexibility index (Phi) is 6.34. The summed E-state index contributed by atoms with van der Waals surface area (Å²) in [7, 11) is -2.55. The molecule has 1 saturated heterocycles. The van der Waals surface area contributed by atoms with Crippen LogP contribution in [0.4, 0.5) is 10.2 Å². The van der Waals surface area contributed by atoms with Crippen molar-refractivity contribution in [2.24, 2.45) is 10.7 Å². The van der Waals surface area contributed by atoms with E-state index in [1.54, 1.807) is 19.9 Å². The molecule has 1 amide bonds. The number of fused-ring (bicyclic) bond motifs is 1. The van der Waals surface area contributed by atoms with Gasteiger partial charge in [0.05, 0.1) is 15.6 Å². The maximum atomic E-state index is 15.3. The van der Waals surface area contributed by atoms with Gasteiger partial charge in [-0.1, -0.05) is 16.9 Å². The summed E-state index contributed by atoms with van der Waals surface area (Å²) in [5.74, 6) is -0.776. The first-order chi connectivity index (χ1) is 16.4. The number of hydrogen-bond donors (Lipinski definition) is 4. The van der Waals surface area contributed by atoms with Gasteiger partial charge in [0.25, 0.3) is 5.91 Å². The minimum atomic E-state index is -2.55. The van der Waals surface area contributed by atoms with Gasteiger partial charge < -0.3 is 15.6 Å². The van der Waals surface area contributed by atoms with E-state index in [4.69, 9.17) is 16.0 Å². The Hall–Kier alpha value is -3.07. The van der Waals surface area contributed by atoms with Gasteiger partial charge in [-0.3, -0.25) is 14.5 Å². The Balaban J connectivity index is 1.76. The number of aryl methyl sites for hydroxylation is 1. The van der Waals surface area contributed by atoms with E-state index in [1.807, 2.05) is 19.9 Å². The average molecular weight is 500 g/mol. The van der Waals surface area contributed by atoms with Gasteiger partial charge in [-0.05, 0) is 64.3 Å². The highest BCUT2D eigenvalue weighted by atomic mass is 32.3. The first-order valence-electron chi connectivity index (χ1n) is 11.4. The number of nitrogens with zero attached hydrogens (tertiary/aromatic N) is 4. The number of pyridine rings is 2. The van der Waals surface area contributed by atoms with Crippen molar-refractivity contribution in [1.29, 1.82) is 5.26 Å². The number of hydrogen-bond acceptors (Lipinski definition) is 8. The van der Waals surface area contributed by atoms with Gasteiger partial charge in [0, 0.05) is 12.7 Å². The van der Waals surface area contributed by atoms with E-state index in [9.17, 15) is 9.35 Å². The van der Waals surface area contributed by atoms with E-state index >= 15 is 4.39 Å². The average Bonchev–Trinajstić information content (AvgIpc) is 3.02. The van der Waals surface area contributed by atoms with Crippen LogP contribution in [0.1, 0.15) is 67.3 Å². The Labute approximate surface area is 205 Å². The van der Waals surface area contributed by atoms with Crippen LogP contribution in [0.5, 0.6) is 0 Å². The maximum Gasteiger partial charge on any atom is 0.275 e. The van der Waals surface area contributed by atoms with E-state index in [1.165, 1.54) is 18.3 Å². The van der Waals surface area contributed by atoms with Crippen molar-refractivity contribution >= 4 is 28.1 Å². The molecule has 0 saturated carbocycles. The van der Waals surface area contributed by atoms with Crippen LogP contribution in [0.25, 0.3) is 0 Å². The molecule has 2 aliphatic heterocycles. The fourth-order valence-corrected chi connectivity index (χ4v) is 8.27. The number of carbonyl (C=O) groups excluding carboxylic acids is 1. The lowest BCUT2D eigenvalue weighted by molar-refractivity contribution is 0.102. The number of aliphatic imine (C=N–C) groups is 1. The predicted octanol–water partition coefficient (Wildman–Crippen LogP) is 3.75. The van der Waals surface area contributed by atoms with Crippen LogP contribution in [0, 0.1) is 24.1 Å². The Morgan fingerprint density at radius 3 is 2.80 bits per heavy atom. The zero-order valence-corrected chi connectivity index (χ0v) is 21.0. The summed E-state index contributed by atoms with van der Waals surface area (Å²) in [6, 6.07) is 6.14. The second-order valence-electron chi connectivity index (χ2n) is 9.64. The molecular formula is C24H30FN7O2S. The molecule has 3 atom stereocenters. The number of carbonyl (C=O) groups is 1. The molecule has 2 aromatic heterocycles. The fraction of sp³-hybridized carbons (Fsp3) is 0.458. The van der Waals surface area contributed by atoms with Crippen molar-refractivity contribution in [3.8, 4) is 6.07 Å². The highest BCUT2D eigenvalue weighted by Gasteiger charge is 2.59. The Morgan fingerprint density at radius 2 is 2.11 bits per heavy atom.